The first-order chi connectivity index (χ1) is 9.77. The van der Waals surface area contributed by atoms with Crippen LogP contribution in [0.3, 0.4) is 0 Å². The number of nitrogens with zero attached hydrogens (tertiary/aromatic N) is 1. The van der Waals surface area contributed by atoms with Crippen molar-refractivity contribution in [2.24, 2.45) is 0 Å². The van der Waals surface area contributed by atoms with E-state index in [2.05, 4.69) is 20.9 Å². The molecule has 110 valence electrons. The molecule has 3 nitrogen and oxygen atoms in total. The third-order valence-corrected chi connectivity index (χ3v) is 3.95. The van der Waals surface area contributed by atoms with Crippen LogP contribution in [0.4, 0.5) is 13.2 Å². The Morgan fingerprint density at radius 1 is 1.14 bits per heavy atom. The molecule has 1 aromatic carbocycles. The fraction of sp³-hybridized carbons (Fsp3) is 0.0769. The van der Waals surface area contributed by atoms with Gasteiger partial charge in [0.1, 0.15) is 10.7 Å². The van der Waals surface area contributed by atoms with Crippen LogP contribution in [-0.4, -0.2) is 16.1 Å². The molecule has 0 fully saturated rings. The zero-order valence-corrected chi connectivity index (χ0v) is 12.6. The van der Waals surface area contributed by atoms with E-state index in [1.807, 2.05) is 0 Å². The number of carboxylic acids is 1. The lowest BCUT2D eigenvalue weighted by Gasteiger charge is -2.10. The molecular formula is C13H7BrF3NO2S. The van der Waals surface area contributed by atoms with Gasteiger partial charge < -0.3 is 5.11 Å². The second-order valence-electron chi connectivity index (χ2n) is 3.91. The molecule has 0 spiro atoms. The minimum atomic E-state index is -4.62. The first-order valence-corrected chi connectivity index (χ1v) is 7.13. The highest BCUT2D eigenvalue weighted by molar-refractivity contribution is 9.10. The molecule has 0 radical (unpaired) electrons. The van der Waals surface area contributed by atoms with Gasteiger partial charge in [-0.05, 0) is 36.4 Å². The van der Waals surface area contributed by atoms with Gasteiger partial charge in [-0.25, -0.2) is 9.78 Å². The normalized spacial score (nSPS) is 11.4. The molecule has 0 atom stereocenters. The van der Waals surface area contributed by atoms with Gasteiger partial charge in [-0.15, -0.1) is 0 Å². The van der Waals surface area contributed by atoms with Gasteiger partial charge in [0.2, 0.25) is 0 Å². The number of aromatic carboxylic acids is 1. The molecule has 0 amide bonds. The summed E-state index contributed by atoms with van der Waals surface area (Å²) in [5.74, 6) is -1.32. The fourth-order valence-corrected chi connectivity index (χ4v) is 2.62. The summed E-state index contributed by atoms with van der Waals surface area (Å²) in [5, 5.41) is 8.84. The van der Waals surface area contributed by atoms with Crippen molar-refractivity contribution in [1.82, 2.24) is 4.98 Å². The molecule has 2 aromatic rings. The number of pyridine rings is 1. The lowest BCUT2D eigenvalue weighted by molar-refractivity contribution is -0.141. The summed E-state index contributed by atoms with van der Waals surface area (Å²) < 4.78 is 38.8. The van der Waals surface area contributed by atoms with Crippen LogP contribution in [-0.2, 0) is 6.18 Å². The van der Waals surface area contributed by atoms with Crippen LogP contribution in [0.15, 0.2) is 50.8 Å². The Morgan fingerprint density at radius 3 is 2.29 bits per heavy atom. The standard InChI is InChI=1S/C13H7BrF3NO2S/c14-7-1-3-8(4-2-7)21-11-9(12(19)20)5-6-10(18-11)13(15,16)17/h1-6H,(H,19,20). The Labute approximate surface area is 130 Å². The summed E-state index contributed by atoms with van der Waals surface area (Å²) in [7, 11) is 0. The van der Waals surface area contributed by atoms with Gasteiger partial charge in [-0.2, -0.15) is 13.2 Å². The molecule has 1 heterocycles. The molecule has 21 heavy (non-hydrogen) atoms. The number of carbonyl (C=O) groups is 1. The first-order valence-electron chi connectivity index (χ1n) is 5.52. The summed E-state index contributed by atoms with van der Waals surface area (Å²) in [4.78, 5) is 15.1. The van der Waals surface area contributed by atoms with Crippen molar-refractivity contribution in [2.45, 2.75) is 16.1 Å². The van der Waals surface area contributed by atoms with Gasteiger partial charge in [-0.3, -0.25) is 0 Å². The molecular weight excluding hydrogens is 371 g/mol. The van der Waals surface area contributed by atoms with Gasteiger partial charge in [0.25, 0.3) is 0 Å². The third kappa shape index (κ3) is 3.98. The topological polar surface area (TPSA) is 50.2 Å². The molecule has 8 heteroatoms. The summed E-state index contributed by atoms with van der Waals surface area (Å²) >= 11 is 4.11. The smallest absolute Gasteiger partial charge is 0.433 e. The van der Waals surface area contributed by atoms with E-state index < -0.39 is 17.8 Å². The number of hydrogen-bond donors (Lipinski definition) is 1. The Hall–Kier alpha value is -1.54. The Kier molecular flexibility index (Phi) is 4.58. The summed E-state index contributed by atoms with van der Waals surface area (Å²) in [6.07, 6.45) is -4.62. The average molecular weight is 378 g/mol. The van der Waals surface area contributed by atoms with Crippen molar-refractivity contribution in [3.8, 4) is 0 Å². The largest absolute Gasteiger partial charge is 0.478 e. The molecule has 1 aromatic heterocycles. The predicted molar refractivity (Wildman–Crippen MR) is 74.5 cm³/mol. The molecule has 0 saturated carbocycles. The highest BCUT2D eigenvalue weighted by atomic mass is 79.9. The van der Waals surface area contributed by atoms with Crippen LogP contribution in [0.1, 0.15) is 16.1 Å². The van der Waals surface area contributed by atoms with Crippen LogP contribution in [0.2, 0.25) is 0 Å². The van der Waals surface area contributed by atoms with Crippen molar-refractivity contribution < 1.29 is 23.1 Å². The van der Waals surface area contributed by atoms with Gasteiger partial charge >= 0.3 is 12.1 Å². The molecule has 0 aliphatic heterocycles. The molecule has 0 aliphatic rings. The SMILES string of the molecule is O=C(O)c1ccc(C(F)(F)F)nc1Sc1ccc(Br)cc1. The number of hydrogen-bond acceptors (Lipinski definition) is 3. The van der Waals surface area contributed by atoms with Crippen molar-refractivity contribution in [1.29, 1.82) is 0 Å². The Balaban J connectivity index is 2.43. The average Bonchev–Trinajstić information content (AvgIpc) is 2.40. The summed E-state index contributed by atoms with van der Waals surface area (Å²) in [6.45, 7) is 0. The molecule has 0 aliphatic carbocycles. The van der Waals surface area contributed by atoms with Crippen LogP contribution in [0.5, 0.6) is 0 Å². The molecule has 0 saturated heterocycles. The van der Waals surface area contributed by atoms with Crippen molar-refractivity contribution in [3.05, 3.63) is 52.1 Å². The quantitative estimate of drug-likeness (QED) is 0.841. The van der Waals surface area contributed by atoms with Crippen LogP contribution in [0.25, 0.3) is 0 Å². The molecule has 0 unspecified atom stereocenters. The Bertz CT molecular complexity index is 674. The number of rotatable bonds is 3. The van der Waals surface area contributed by atoms with Crippen LogP contribution >= 0.6 is 27.7 Å². The van der Waals surface area contributed by atoms with E-state index in [1.54, 1.807) is 24.3 Å². The fourth-order valence-electron chi connectivity index (χ4n) is 1.45. The number of benzene rings is 1. The van der Waals surface area contributed by atoms with E-state index in [1.165, 1.54) is 0 Å². The van der Waals surface area contributed by atoms with Gasteiger partial charge in [0.15, 0.2) is 0 Å². The van der Waals surface area contributed by atoms with Crippen molar-refractivity contribution in [3.63, 3.8) is 0 Å². The van der Waals surface area contributed by atoms with E-state index in [9.17, 15) is 18.0 Å². The first kappa shape index (κ1) is 15.8. The Morgan fingerprint density at radius 2 is 1.76 bits per heavy atom. The van der Waals surface area contributed by atoms with Gasteiger partial charge in [0.05, 0.1) is 5.56 Å². The molecule has 2 rings (SSSR count). The van der Waals surface area contributed by atoms with Gasteiger partial charge in [0, 0.05) is 9.37 Å². The zero-order chi connectivity index (χ0) is 15.6. The highest BCUT2D eigenvalue weighted by Gasteiger charge is 2.33. The van der Waals surface area contributed by atoms with Crippen LogP contribution < -0.4 is 0 Å². The van der Waals surface area contributed by atoms with E-state index in [0.717, 1.165) is 22.3 Å². The van der Waals surface area contributed by atoms with E-state index in [4.69, 9.17) is 5.11 Å². The van der Waals surface area contributed by atoms with Crippen molar-refractivity contribution >= 4 is 33.7 Å². The van der Waals surface area contributed by atoms with E-state index in [-0.39, 0.29) is 10.6 Å². The maximum Gasteiger partial charge on any atom is 0.433 e. The maximum absolute atomic E-state index is 12.7. The van der Waals surface area contributed by atoms with Crippen molar-refractivity contribution in [2.75, 3.05) is 0 Å². The number of halogens is 4. The second-order valence-corrected chi connectivity index (χ2v) is 5.89. The maximum atomic E-state index is 12.7. The lowest BCUT2D eigenvalue weighted by Crippen LogP contribution is -2.11. The van der Waals surface area contributed by atoms with Gasteiger partial charge in [-0.1, -0.05) is 27.7 Å². The van der Waals surface area contributed by atoms with E-state index >= 15 is 0 Å². The predicted octanol–water partition coefficient (Wildman–Crippen LogP) is 4.71. The monoisotopic (exact) mass is 377 g/mol. The summed E-state index contributed by atoms with van der Waals surface area (Å²) in [6, 6.07) is 8.30. The van der Waals surface area contributed by atoms with Crippen LogP contribution in [0, 0.1) is 0 Å². The zero-order valence-electron chi connectivity index (χ0n) is 10.2. The lowest BCUT2D eigenvalue weighted by atomic mass is 10.2. The van der Waals surface area contributed by atoms with E-state index in [0.29, 0.717) is 11.0 Å². The molecule has 1 N–H and O–H groups in total. The molecule has 0 bridgehead atoms. The third-order valence-electron chi connectivity index (χ3n) is 2.41. The minimum absolute atomic E-state index is 0.195. The number of alkyl halides is 3. The highest BCUT2D eigenvalue weighted by Crippen LogP contribution is 2.34. The summed E-state index contributed by atoms with van der Waals surface area (Å²) in [5.41, 5.74) is -1.39. The minimum Gasteiger partial charge on any atom is -0.478 e. The number of carboxylic acid groups (broad SMARTS) is 1. The second kappa shape index (κ2) is 6.07. The number of aromatic nitrogens is 1.